The summed E-state index contributed by atoms with van der Waals surface area (Å²) in [5.74, 6) is -2.87. The van der Waals surface area contributed by atoms with Crippen LogP contribution >= 0.6 is 11.6 Å². The van der Waals surface area contributed by atoms with Gasteiger partial charge in [-0.1, -0.05) is 30.7 Å². The number of carbonyl (C=O) groups excluding carboxylic acids is 2. The van der Waals surface area contributed by atoms with Gasteiger partial charge in [0, 0.05) is 56.6 Å². The lowest BCUT2D eigenvalue weighted by Gasteiger charge is -2.44. The van der Waals surface area contributed by atoms with Crippen LogP contribution in [0.25, 0.3) is 21.8 Å². The molecule has 3 saturated heterocycles. The third-order valence-electron chi connectivity index (χ3n) is 14.0. The van der Waals surface area contributed by atoms with Gasteiger partial charge in [0.2, 0.25) is 23.5 Å². The number of nitrogens with one attached hydrogen (secondary N) is 3. The van der Waals surface area contributed by atoms with Gasteiger partial charge in [0.15, 0.2) is 12.4 Å². The molecule has 1 saturated carbocycles. The van der Waals surface area contributed by atoms with Crippen LogP contribution in [0, 0.1) is 11.3 Å². The Hall–Kier alpha value is -5.35. The molecule has 326 valence electrons. The number of nitrogens with zero attached hydrogens (tertiary/aromatic N) is 7. The summed E-state index contributed by atoms with van der Waals surface area (Å²) in [6, 6.07) is 10.8. The minimum Gasteiger partial charge on any atom is -0.480 e. The Balaban J connectivity index is 0.777. The van der Waals surface area contributed by atoms with Gasteiger partial charge < -0.3 is 29.7 Å². The number of fused-ring (bicyclic) bond motifs is 4. The number of alkyl halides is 2. The molecule has 7 heterocycles. The predicted octanol–water partition coefficient (Wildman–Crippen LogP) is 6.84. The molecular weight excluding hydrogens is 818 g/mol. The molecule has 4 fully saturated rings. The van der Waals surface area contributed by atoms with Crippen molar-refractivity contribution in [2.24, 2.45) is 25.4 Å². The molecule has 3 N–H and O–H groups in total. The standard InChI is InChI=1S/C45H51ClF2N10O4/c1-44(23-57-16-12-25(13-17-57)27-6-8-29-34(20-27)56(3)54-36(29)30-9-11-35(59)51-41(30)60)14-18-58(19-15-44)43-49-22-32(46)40(53-43)50-28-7-10-33-31(21-28)37-38(42(61)55(33)2)62-24-45(47,48)39(52-37)26-4-5-26/h6-8,10,20-22,25-26,30,39,52H,4-5,9,11-19,23-24H2,1-3H3,(H,49,50,53)(H,51,59,60). The van der Waals surface area contributed by atoms with Crippen molar-refractivity contribution in [2.75, 3.05) is 54.9 Å². The highest BCUT2D eigenvalue weighted by Crippen LogP contribution is 2.46. The van der Waals surface area contributed by atoms with Gasteiger partial charge >= 0.3 is 5.92 Å². The van der Waals surface area contributed by atoms with Crippen molar-refractivity contribution >= 4 is 68.4 Å². The molecule has 14 nitrogen and oxygen atoms in total. The molecule has 62 heavy (non-hydrogen) atoms. The molecule has 2 aromatic carbocycles. The van der Waals surface area contributed by atoms with Crippen LogP contribution in [0.5, 0.6) is 5.75 Å². The largest absolute Gasteiger partial charge is 0.480 e. The van der Waals surface area contributed by atoms with E-state index in [1.807, 2.05) is 23.9 Å². The number of aryl methyl sites for hydroxylation is 2. The average molecular weight is 869 g/mol. The van der Waals surface area contributed by atoms with E-state index in [1.54, 1.807) is 19.3 Å². The Labute approximate surface area is 362 Å². The summed E-state index contributed by atoms with van der Waals surface area (Å²) in [5, 5.41) is 15.5. The van der Waals surface area contributed by atoms with Crippen LogP contribution in [-0.4, -0.2) is 92.3 Å². The number of imide groups is 1. The smallest absolute Gasteiger partial charge is 0.301 e. The monoisotopic (exact) mass is 868 g/mol. The molecule has 2 atom stereocenters. The van der Waals surface area contributed by atoms with E-state index < -0.39 is 30.0 Å². The van der Waals surface area contributed by atoms with Gasteiger partial charge in [-0.05, 0) is 105 Å². The minimum atomic E-state index is -3.13. The van der Waals surface area contributed by atoms with Gasteiger partial charge in [-0.3, -0.25) is 24.4 Å². The summed E-state index contributed by atoms with van der Waals surface area (Å²) in [7, 11) is 3.53. The molecule has 3 aromatic heterocycles. The predicted molar refractivity (Wildman–Crippen MR) is 234 cm³/mol. The number of pyridine rings is 1. The second-order valence-electron chi connectivity index (χ2n) is 18.4. The normalized spacial score (nSPS) is 23.1. The van der Waals surface area contributed by atoms with Crippen LogP contribution in [0.4, 0.5) is 31.9 Å². The number of ether oxygens (including phenoxy) is 1. The molecule has 0 bridgehead atoms. The molecule has 5 aliphatic rings. The van der Waals surface area contributed by atoms with E-state index in [4.69, 9.17) is 26.4 Å². The van der Waals surface area contributed by atoms with E-state index in [2.05, 4.69) is 55.9 Å². The van der Waals surface area contributed by atoms with Crippen molar-refractivity contribution in [3.8, 4) is 5.75 Å². The van der Waals surface area contributed by atoms with Crippen molar-refractivity contribution < 1.29 is 23.1 Å². The highest BCUT2D eigenvalue weighted by atomic mass is 35.5. The number of piperidine rings is 3. The van der Waals surface area contributed by atoms with E-state index in [0.717, 1.165) is 75.0 Å². The fourth-order valence-electron chi connectivity index (χ4n) is 10.2. The van der Waals surface area contributed by atoms with Crippen LogP contribution in [-0.2, 0) is 23.7 Å². The van der Waals surface area contributed by atoms with Crippen molar-refractivity contribution in [3.05, 3.63) is 69.2 Å². The first-order valence-corrected chi connectivity index (χ1v) is 22.1. The SMILES string of the molecule is Cn1nc(C2CCC(=O)NC2=O)c2ccc(C3CCN(CC4(C)CCN(c5ncc(Cl)c(Nc6ccc7c(c6)c6c(c(=O)n7C)OCC(F)(F)C(C7CC7)N6)n5)CC4)CC3)cc21. The van der Waals surface area contributed by atoms with Crippen molar-refractivity contribution in [3.63, 3.8) is 0 Å². The molecular formula is C45H51ClF2N10O4. The molecule has 5 aromatic rings. The number of aromatic nitrogens is 5. The third-order valence-corrected chi connectivity index (χ3v) is 14.3. The first kappa shape index (κ1) is 40.7. The zero-order valence-corrected chi connectivity index (χ0v) is 35.9. The first-order valence-electron chi connectivity index (χ1n) is 21.7. The van der Waals surface area contributed by atoms with Crippen LogP contribution in [0.3, 0.4) is 0 Å². The Morgan fingerprint density at radius 2 is 1.73 bits per heavy atom. The maximum atomic E-state index is 15.2. The zero-order chi connectivity index (χ0) is 43.1. The second kappa shape index (κ2) is 15.5. The zero-order valence-electron chi connectivity index (χ0n) is 35.1. The maximum Gasteiger partial charge on any atom is 0.301 e. The molecule has 1 aliphatic carbocycles. The minimum absolute atomic E-state index is 0.104. The fraction of sp³-hybridized carbons (Fsp3) is 0.511. The van der Waals surface area contributed by atoms with Crippen molar-refractivity contribution in [1.82, 2.24) is 34.5 Å². The third kappa shape index (κ3) is 7.52. The Morgan fingerprint density at radius 3 is 2.47 bits per heavy atom. The van der Waals surface area contributed by atoms with E-state index in [9.17, 15) is 14.4 Å². The van der Waals surface area contributed by atoms with E-state index >= 15 is 8.78 Å². The number of benzene rings is 2. The van der Waals surface area contributed by atoms with E-state index in [0.29, 0.717) is 65.0 Å². The van der Waals surface area contributed by atoms with Crippen molar-refractivity contribution in [1.29, 1.82) is 0 Å². The summed E-state index contributed by atoms with van der Waals surface area (Å²) < 4.78 is 39.2. The summed E-state index contributed by atoms with van der Waals surface area (Å²) >= 11 is 6.65. The van der Waals surface area contributed by atoms with Gasteiger partial charge in [0.05, 0.1) is 40.6 Å². The molecule has 17 heteroatoms. The molecule has 2 amide bonds. The maximum absolute atomic E-state index is 15.2. The molecule has 4 aliphatic heterocycles. The van der Waals surface area contributed by atoms with Crippen LogP contribution in [0.2, 0.25) is 5.02 Å². The topological polar surface area (TPSA) is 152 Å². The van der Waals surface area contributed by atoms with Crippen LogP contribution in [0.1, 0.15) is 81.4 Å². The lowest BCUT2D eigenvalue weighted by atomic mass is 9.79. The average Bonchev–Trinajstić information content (AvgIpc) is 4.06. The van der Waals surface area contributed by atoms with Gasteiger partial charge in [-0.15, -0.1) is 0 Å². The van der Waals surface area contributed by atoms with Gasteiger partial charge in [-0.25, -0.2) is 13.8 Å². The number of amides is 2. The number of anilines is 4. The van der Waals surface area contributed by atoms with E-state index in [-0.39, 0.29) is 34.6 Å². The highest BCUT2D eigenvalue weighted by Gasteiger charge is 2.51. The Kier molecular flexibility index (Phi) is 10.2. The molecule has 0 spiro atoms. The number of rotatable bonds is 8. The summed E-state index contributed by atoms with van der Waals surface area (Å²) in [5.41, 5.74) is 4.21. The summed E-state index contributed by atoms with van der Waals surface area (Å²) in [6.07, 6.45) is 7.92. The highest BCUT2D eigenvalue weighted by molar-refractivity contribution is 6.33. The number of likely N-dealkylation sites (tertiary alicyclic amines) is 1. The summed E-state index contributed by atoms with van der Waals surface area (Å²) in [6.45, 7) is 6.19. The number of carbonyl (C=O) groups is 2. The second-order valence-corrected chi connectivity index (χ2v) is 18.8. The van der Waals surface area contributed by atoms with Gasteiger partial charge in [-0.2, -0.15) is 10.1 Å². The van der Waals surface area contributed by atoms with E-state index in [1.165, 1.54) is 10.1 Å². The quantitative estimate of drug-likeness (QED) is 0.141. The number of hydrogen-bond donors (Lipinski definition) is 3. The lowest BCUT2D eigenvalue weighted by molar-refractivity contribution is -0.134. The summed E-state index contributed by atoms with van der Waals surface area (Å²) in [4.78, 5) is 51.9. The number of hydrogen-bond acceptors (Lipinski definition) is 11. The molecule has 10 rings (SSSR count). The Morgan fingerprint density at radius 1 is 0.952 bits per heavy atom. The fourth-order valence-corrected chi connectivity index (χ4v) is 10.3. The van der Waals surface area contributed by atoms with Crippen molar-refractivity contribution in [2.45, 2.75) is 82.1 Å². The Bertz CT molecular complexity index is 2670. The van der Waals surface area contributed by atoms with Crippen LogP contribution in [0.15, 0.2) is 47.4 Å². The first-order chi connectivity index (χ1) is 29.7. The van der Waals surface area contributed by atoms with Gasteiger partial charge in [0.1, 0.15) is 5.02 Å². The molecule has 2 unspecified atom stereocenters. The lowest BCUT2D eigenvalue weighted by Crippen LogP contribution is -2.47. The number of halogens is 3. The van der Waals surface area contributed by atoms with Crippen LogP contribution < -0.4 is 31.1 Å². The molecule has 0 radical (unpaired) electrons. The van der Waals surface area contributed by atoms with Gasteiger partial charge in [0.25, 0.3) is 5.56 Å².